The van der Waals surface area contributed by atoms with Crippen molar-refractivity contribution in [1.82, 2.24) is 0 Å². The first kappa shape index (κ1) is 20.3. The van der Waals surface area contributed by atoms with Crippen LogP contribution in [0.5, 0.6) is 0 Å². The van der Waals surface area contributed by atoms with Gasteiger partial charge in [0.15, 0.2) is 0 Å². The SMILES string of the molecule is C=C(OS(C)(=O)=O)[C@@H](OCC)[C@@H](COS(C)(=O)=O)OCC. The maximum atomic E-state index is 11.1. The second-order valence-corrected chi connectivity index (χ2v) is 7.33. The predicted molar refractivity (Wildman–Crippen MR) is 76.7 cm³/mol. The van der Waals surface area contributed by atoms with E-state index < -0.39 is 32.4 Å². The maximum Gasteiger partial charge on any atom is 0.306 e. The Kier molecular flexibility index (Phi) is 8.41. The Balaban J connectivity index is 5.08. The summed E-state index contributed by atoms with van der Waals surface area (Å²) in [6, 6.07) is 0. The molecular weight excluding hydrogens is 324 g/mol. The average molecular weight is 346 g/mol. The van der Waals surface area contributed by atoms with Crippen molar-refractivity contribution in [2.75, 3.05) is 32.3 Å². The molecular formula is C11H22O8S2. The summed E-state index contributed by atoms with van der Waals surface area (Å²) in [5, 5.41) is 0. The zero-order valence-corrected chi connectivity index (χ0v) is 14.2. The van der Waals surface area contributed by atoms with Gasteiger partial charge in [-0.15, -0.1) is 0 Å². The first-order valence-corrected chi connectivity index (χ1v) is 9.79. The van der Waals surface area contributed by atoms with Gasteiger partial charge in [-0.05, 0) is 13.8 Å². The van der Waals surface area contributed by atoms with E-state index in [1.165, 1.54) is 0 Å². The Morgan fingerprint density at radius 3 is 1.90 bits per heavy atom. The number of hydrogen-bond acceptors (Lipinski definition) is 8. The van der Waals surface area contributed by atoms with Crippen LogP contribution in [0.15, 0.2) is 12.3 Å². The average Bonchev–Trinajstić information content (AvgIpc) is 2.28. The fourth-order valence-corrected chi connectivity index (χ4v) is 2.32. The van der Waals surface area contributed by atoms with Crippen molar-refractivity contribution in [1.29, 1.82) is 0 Å². The molecule has 0 radical (unpaired) electrons. The minimum atomic E-state index is -3.77. The normalized spacial score (nSPS) is 15.4. The summed E-state index contributed by atoms with van der Waals surface area (Å²) in [6.07, 6.45) is -0.0949. The Bertz CT molecular complexity index is 522. The maximum absolute atomic E-state index is 11.1. The molecule has 0 bridgehead atoms. The van der Waals surface area contributed by atoms with Crippen LogP contribution in [0.1, 0.15) is 13.8 Å². The van der Waals surface area contributed by atoms with Gasteiger partial charge in [0.25, 0.3) is 10.1 Å². The van der Waals surface area contributed by atoms with Gasteiger partial charge in [0, 0.05) is 13.2 Å². The summed E-state index contributed by atoms with van der Waals surface area (Å²) in [4.78, 5) is 0. The smallest absolute Gasteiger partial charge is 0.306 e. The van der Waals surface area contributed by atoms with Crippen LogP contribution in [0.3, 0.4) is 0 Å². The van der Waals surface area contributed by atoms with Gasteiger partial charge in [0.05, 0.1) is 19.1 Å². The highest BCUT2D eigenvalue weighted by atomic mass is 32.2. The van der Waals surface area contributed by atoms with Crippen LogP contribution in [0, 0.1) is 0 Å². The van der Waals surface area contributed by atoms with Gasteiger partial charge in [-0.1, -0.05) is 6.58 Å². The molecule has 0 aromatic rings. The van der Waals surface area contributed by atoms with Gasteiger partial charge in [-0.2, -0.15) is 16.8 Å². The second-order valence-electron chi connectivity index (χ2n) is 4.11. The van der Waals surface area contributed by atoms with Gasteiger partial charge in [-0.3, -0.25) is 4.18 Å². The minimum absolute atomic E-state index is 0.199. The van der Waals surface area contributed by atoms with E-state index in [1.54, 1.807) is 13.8 Å². The summed E-state index contributed by atoms with van der Waals surface area (Å²) < 4.78 is 64.4. The van der Waals surface area contributed by atoms with Crippen molar-refractivity contribution in [3.8, 4) is 0 Å². The third kappa shape index (κ3) is 9.80. The summed E-state index contributed by atoms with van der Waals surface area (Å²) in [5.41, 5.74) is 0. The molecule has 0 heterocycles. The topological polar surface area (TPSA) is 105 Å². The summed E-state index contributed by atoms with van der Waals surface area (Å²) >= 11 is 0. The number of ether oxygens (including phenoxy) is 2. The number of rotatable bonds is 11. The van der Waals surface area contributed by atoms with Crippen molar-refractivity contribution in [3.05, 3.63) is 12.3 Å². The van der Waals surface area contributed by atoms with Gasteiger partial charge < -0.3 is 13.7 Å². The van der Waals surface area contributed by atoms with E-state index in [4.69, 9.17) is 9.47 Å². The molecule has 126 valence electrons. The summed E-state index contributed by atoms with van der Waals surface area (Å²) in [5.74, 6) is -0.199. The molecule has 0 aliphatic heterocycles. The highest BCUT2D eigenvalue weighted by Crippen LogP contribution is 2.17. The predicted octanol–water partition coefficient (Wildman–Crippen LogP) is 0.263. The largest absolute Gasteiger partial charge is 0.385 e. The zero-order valence-electron chi connectivity index (χ0n) is 12.6. The van der Waals surface area contributed by atoms with Crippen LogP contribution in [-0.4, -0.2) is 61.4 Å². The monoisotopic (exact) mass is 346 g/mol. The zero-order chi connectivity index (χ0) is 16.7. The summed E-state index contributed by atoms with van der Waals surface area (Å²) in [6.45, 7) is 6.99. The van der Waals surface area contributed by atoms with Crippen molar-refractivity contribution >= 4 is 20.2 Å². The Hall–Kier alpha value is -0.680. The van der Waals surface area contributed by atoms with E-state index >= 15 is 0 Å². The van der Waals surface area contributed by atoms with E-state index in [-0.39, 0.29) is 25.6 Å². The van der Waals surface area contributed by atoms with Crippen LogP contribution in [0.4, 0.5) is 0 Å². The van der Waals surface area contributed by atoms with Crippen LogP contribution in [-0.2, 0) is 38.1 Å². The molecule has 0 saturated heterocycles. The van der Waals surface area contributed by atoms with E-state index in [1.807, 2.05) is 0 Å². The lowest BCUT2D eigenvalue weighted by molar-refractivity contribution is -0.0767. The molecule has 0 N–H and O–H groups in total. The van der Waals surface area contributed by atoms with E-state index in [0.717, 1.165) is 12.5 Å². The molecule has 21 heavy (non-hydrogen) atoms. The third-order valence-electron chi connectivity index (χ3n) is 2.09. The number of hydrogen-bond donors (Lipinski definition) is 0. The van der Waals surface area contributed by atoms with Gasteiger partial charge in [0.1, 0.15) is 18.0 Å². The first-order chi connectivity index (χ1) is 9.50. The molecule has 8 nitrogen and oxygen atoms in total. The van der Waals surface area contributed by atoms with Crippen molar-refractivity contribution < 1.29 is 34.7 Å². The van der Waals surface area contributed by atoms with Crippen LogP contribution in [0.25, 0.3) is 0 Å². The molecule has 0 spiro atoms. The highest BCUT2D eigenvalue weighted by molar-refractivity contribution is 7.86. The van der Waals surface area contributed by atoms with Gasteiger partial charge in [0.2, 0.25) is 0 Å². The fourth-order valence-electron chi connectivity index (χ4n) is 1.46. The third-order valence-corrected chi connectivity index (χ3v) is 3.17. The Morgan fingerprint density at radius 2 is 1.52 bits per heavy atom. The molecule has 0 aliphatic carbocycles. The molecule has 0 unspecified atom stereocenters. The Morgan fingerprint density at radius 1 is 1.00 bits per heavy atom. The summed E-state index contributed by atoms with van der Waals surface area (Å²) in [7, 11) is -7.44. The molecule has 0 saturated carbocycles. The first-order valence-electron chi connectivity index (χ1n) is 6.16. The lowest BCUT2D eigenvalue weighted by Crippen LogP contribution is -2.38. The molecule has 10 heteroatoms. The van der Waals surface area contributed by atoms with E-state index in [2.05, 4.69) is 14.9 Å². The molecule has 0 amide bonds. The van der Waals surface area contributed by atoms with Crippen LogP contribution >= 0.6 is 0 Å². The van der Waals surface area contributed by atoms with Crippen LogP contribution in [0.2, 0.25) is 0 Å². The molecule has 0 aromatic heterocycles. The van der Waals surface area contributed by atoms with Crippen molar-refractivity contribution in [2.45, 2.75) is 26.1 Å². The van der Waals surface area contributed by atoms with Crippen molar-refractivity contribution in [2.24, 2.45) is 0 Å². The molecule has 2 atom stereocenters. The molecule has 0 fully saturated rings. The van der Waals surface area contributed by atoms with Gasteiger partial charge >= 0.3 is 10.1 Å². The lowest BCUT2D eigenvalue weighted by atomic mass is 10.2. The van der Waals surface area contributed by atoms with Crippen molar-refractivity contribution in [3.63, 3.8) is 0 Å². The molecule has 0 aliphatic rings. The lowest BCUT2D eigenvalue weighted by Gasteiger charge is -2.27. The molecule has 0 aromatic carbocycles. The van der Waals surface area contributed by atoms with E-state index in [0.29, 0.717) is 0 Å². The second kappa shape index (κ2) is 8.69. The Labute approximate surface area is 126 Å². The van der Waals surface area contributed by atoms with Crippen LogP contribution < -0.4 is 0 Å². The quantitative estimate of drug-likeness (QED) is 0.387. The fraction of sp³-hybridized carbons (Fsp3) is 0.818. The molecule has 0 rings (SSSR count). The van der Waals surface area contributed by atoms with E-state index in [9.17, 15) is 16.8 Å². The van der Waals surface area contributed by atoms with Gasteiger partial charge in [-0.25, -0.2) is 0 Å². The standard InChI is InChI=1S/C11H22O8S2/c1-6-16-10(8-18-20(4,12)13)11(17-7-2)9(3)19-21(5,14)15/h10-11H,3,6-8H2,1-2,4-5H3/t10-,11-/m1/s1. The highest BCUT2D eigenvalue weighted by Gasteiger charge is 2.30. The minimum Gasteiger partial charge on any atom is -0.385 e.